The maximum Gasteiger partial charge on any atom is 0.324 e. The number of nitrogens with zero attached hydrogens (tertiary/aromatic N) is 1. The molecule has 1 atom stereocenters. The molecule has 7 heteroatoms. The maximum absolute atomic E-state index is 13.1. The van der Waals surface area contributed by atoms with Gasteiger partial charge in [-0.05, 0) is 45.2 Å². The molecule has 2 aliphatic rings. The van der Waals surface area contributed by atoms with Crippen molar-refractivity contribution >= 4 is 16.0 Å². The van der Waals surface area contributed by atoms with Crippen LogP contribution >= 0.6 is 0 Å². The third-order valence-electron chi connectivity index (χ3n) is 4.66. The van der Waals surface area contributed by atoms with Crippen LogP contribution < -0.4 is 4.74 Å². The van der Waals surface area contributed by atoms with E-state index in [2.05, 4.69) is 0 Å². The van der Waals surface area contributed by atoms with Gasteiger partial charge in [0.15, 0.2) is 0 Å². The maximum atomic E-state index is 13.1. The van der Waals surface area contributed by atoms with Gasteiger partial charge in [0.25, 0.3) is 0 Å². The normalized spacial score (nSPS) is 26.7. The third kappa shape index (κ3) is 2.42. The molecule has 0 amide bonds. The molecule has 1 N–H and O–H groups in total. The Labute approximate surface area is 136 Å². The summed E-state index contributed by atoms with van der Waals surface area (Å²) in [6, 6.07) is 5.03. The van der Waals surface area contributed by atoms with Gasteiger partial charge in [-0.1, -0.05) is 12.1 Å². The first-order valence-corrected chi connectivity index (χ1v) is 9.09. The Kier molecular flexibility index (Phi) is 3.50. The molecule has 0 aromatic heterocycles. The highest BCUT2D eigenvalue weighted by atomic mass is 32.2. The van der Waals surface area contributed by atoms with Gasteiger partial charge in [-0.2, -0.15) is 4.31 Å². The van der Waals surface area contributed by atoms with Gasteiger partial charge in [-0.15, -0.1) is 0 Å². The van der Waals surface area contributed by atoms with Crippen LogP contribution in [-0.4, -0.2) is 41.5 Å². The van der Waals surface area contributed by atoms with E-state index in [1.807, 2.05) is 19.9 Å². The summed E-state index contributed by atoms with van der Waals surface area (Å²) >= 11 is 0. The number of benzene rings is 1. The predicted octanol–water partition coefficient (Wildman–Crippen LogP) is 2.03. The van der Waals surface area contributed by atoms with E-state index in [-0.39, 0.29) is 11.4 Å². The van der Waals surface area contributed by atoms with E-state index < -0.39 is 27.1 Å². The topological polar surface area (TPSA) is 83.9 Å². The molecular formula is C16H21NO5S. The summed E-state index contributed by atoms with van der Waals surface area (Å²) < 4.78 is 33.2. The van der Waals surface area contributed by atoms with Gasteiger partial charge in [-0.3, -0.25) is 4.79 Å². The zero-order valence-electron chi connectivity index (χ0n) is 13.5. The van der Waals surface area contributed by atoms with E-state index in [9.17, 15) is 18.3 Å². The third-order valence-corrected chi connectivity index (χ3v) is 6.70. The first-order valence-electron chi connectivity index (χ1n) is 7.65. The number of ether oxygens (including phenoxy) is 1. The van der Waals surface area contributed by atoms with Gasteiger partial charge in [0.1, 0.15) is 21.8 Å². The Hall–Kier alpha value is -1.60. The average molecular weight is 339 g/mol. The number of sulfonamides is 1. The van der Waals surface area contributed by atoms with Crippen molar-refractivity contribution in [3.05, 3.63) is 23.8 Å². The summed E-state index contributed by atoms with van der Waals surface area (Å²) in [4.78, 5) is 11.7. The van der Waals surface area contributed by atoms with Gasteiger partial charge in [0, 0.05) is 13.0 Å². The summed E-state index contributed by atoms with van der Waals surface area (Å²) in [5.41, 5.74) is -1.03. The van der Waals surface area contributed by atoms with E-state index in [4.69, 9.17) is 4.74 Å². The van der Waals surface area contributed by atoms with Crippen molar-refractivity contribution < 1.29 is 23.1 Å². The van der Waals surface area contributed by atoms with E-state index in [0.717, 1.165) is 9.87 Å². The lowest BCUT2D eigenvalue weighted by atomic mass is 10.0. The lowest BCUT2D eigenvalue weighted by molar-refractivity contribution is -0.146. The van der Waals surface area contributed by atoms with Crippen LogP contribution in [0.1, 0.15) is 39.2 Å². The predicted molar refractivity (Wildman–Crippen MR) is 84.0 cm³/mol. The van der Waals surface area contributed by atoms with Crippen molar-refractivity contribution in [2.75, 3.05) is 6.54 Å². The molecule has 6 nitrogen and oxygen atoms in total. The Balaban J connectivity index is 2.10. The van der Waals surface area contributed by atoms with Crippen LogP contribution in [0.5, 0.6) is 5.75 Å². The van der Waals surface area contributed by atoms with Gasteiger partial charge in [0.2, 0.25) is 10.0 Å². The molecule has 0 saturated carbocycles. The van der Waals surface area contributed by atoms with Crippen LogP contribution in [0.15, 0.2) is 23.1 Å². The van der Waals surface area contributed by atoms with E-state index in [0.29, 0.717) is 25.0 Å². The molecule has 1 aromatic rings. The number of para-hydroxylation sites is 1. The first-order chi connectivity index (χ1) is 10.6. The van der Waals surface area contributed by atoms with E-state index >= 15 is 0 Å². The SMILES string of the molecule is CC1(C)Cc2cccc(S(=O)(=O)N3CCC[C@@]3(C)C(=O)O)c2O1. The minimum Gasteiger partial charge on any atom is -0.486 e. The highest BCUT2D eigenvalue weighted by molar-refractivity contribution is 7.89. The fourth-order valence-electron chi connectivity index (χ4n) is 3.45. The zero-order valence-corrected chi connectivity index (χ0v) is 14.3. The number of carboxylic acid groups (broad SMARTS) is 1. The van der Waals surface area contributed by atoms with Crippen molar-refractivity contribution in [3.63, 3.8) is 0 Å². The van der Waals surface area contributed by atoms with Crippen LogP contribution in [0, 0.1) is 0 Å². The minimum absolute atomic E-state index is 0.0648. The summed E-state index contributed by atoms with van der Waals surface area (Å²) in [7, 11) is -3.94. The molecule has 23 heavy (non-hydrogen) atoms. The summed E-state index contributed by atoms with van der Waals surface area (Å²) in [6.07, 6.45) is 1.47. The molecule has 1 fully saturated rings. The van der Waals surface area contributed by atoms with Gasteiger partial charge in [-0.25, -0.2) is 8.42 Å². The standard InChI is InChI=1S/C16H21NO5S/c1-15(2)10-11-6-4-7-12(13(11)22-15)23(20,21)17-9-5-8-16(17,3)14(18)19/h4,6-7H,5,8-10H2,1-3H3,(H,18,19)/t16-/m0/s1. The quantitative estimate of drug-likeness (QED) is 0.911. The number of hydrogen-bond acceptors (Lipinski definition) is 4. The Morgan fingerprint density at radius 3 is 2.65 bits per heavy atom. The average Bonchev–Trinajstić information content (AvgIpc) is 2.97. The smallest absolute Gasteiger partial charge is 0.324 e. The van der Waals surface area contributed by atoms with Crippen LogP contribution in [0.2, 0.25) is 0 Å². The lowest BCUT2D eigenvalue weighted by Crippen LogP contribution is -2.50. The van der Waals surface area contributed by atoms with Gasteiger partial charge < -0.3 is 9.84 Å². The molecule has 0 radical (unpaired) electrons. The number of hydrogen-bond donors (Lipinski definition) is 1. The van der Waals surface area contributed by atoms with E-state index in [1.54, 1.807) is 6.07 Å². The fourth-order valence-corrected chi connectivity index (χ4v) is 5.41. The number of carbonyl (C=O) groups is 1. The lowest BCUT2D eigenvalue weighted by Gasteiger charge is -2.30. The second-order valence-electron chi connectivity index (χ2n) is 7.04. The number of rotatable bonds is 3. The highest BCUT2D eigenvalue weighted by Gasteiger charge is 2.51. The Morgan fingerprint density at radius 1 is 1.30 bits per heavy atom. The fraction of sp³-hybridized carbons (Fsp3) is 0.562. The second-order valence-corrected chi connectivity index (χ2v) is 8.87. The molecule has 0 unspecified atom stereocenters. The Morgan fingerprint density at radius 2 is 2.00 bits per heavy atom. The first kappa shape index (κ1) is 16.3. The zero-order chi connectivity index (χ0) is 17.0. The minimum atomic E-state index is -3.94. The molecule has 1 aromatic carbocycles. The van der Waals surface area contributed by atoms with Crippen LogP contribution in [0.3, 0.4) is 0 Å². The molecule has 1 saturated heterocycles. The summed E-state index contributed by atoms with van der Waals surface area (Å²) in [5, 5.41) is 9.49. The van der Waals surface area contributed by atoms with E-state index in [1.165, 1.54) is 13.0 Å². The van der Waals surface area contributed by atoms with Crippen molar-refractivity contribution in [3.8, 4) is 5.75 Å². The van der Waals surface area contributed by atoms with Crippen LogP contribution in [0.4, 0.5) is 0 Å². The number of fused-ring (bicyclic) bond motifs is 1. The number of carboxylic acids is 1. The molecule has 0 bridgehead atoms. The molecule has 0 aliphatic carbocycles. The molecular weight excluding hydrogens is 318 g/mol. The molecule has 3 rings (SSSR count). The largest absolute Gasteiger partial charge is 0.486 e. The summed E-state index contributed by atoms with van der Waals surface area (Å²) in [5.74, 6) is -0.760. The second kappa shape index (κ2) is 4.95. The van der Waals surface area contributed by atoms with Gasteiger partial charge >= 0.3 is 5.97 Å². The molecule has 2 heterocycles. The van der Waals surface area contributed by atoms with Crippen LogP contribution in [-0.2, 0) is 21.2 Å². The van der Waals surface area contributed by atoms with Crippen molar-refractivity contribution in [2.24, 2.45) is 0 Å². The van der Waals surface area contributed by atoms with Crippen molar-refractivity contribution in [1.82, 2.24) is 4.31 Å². The highest BCUT2D eigenvalue weighted by Crippen LogP contribution is 2.43. The monoisotopic (exact) mass is 339 g/mol. The van der Waals surface area contributed by atoms with Crippen molar-refractivity contribution in [1.29, 1.82) is 0 Å². The van der Waals surface area contributed by atoms with Gasteiger partial charge in [0.05, 0.1) is 0 Å². The molecule has 126 valence electrons. The van der Waals surface area contributed by atoms with Crippen molar-refractivity contribution in [2.45, 2.75) is 56.1 Å². The summed E-state index contributed by atoms with van der Waals surface area (Å²) in [6.45, 7) is 5.48. The molecule has 2 aliphatic heterocycles. The Bertz CT molecular complexity index is 771. The molecule has 0 spiro atoms. The van der Waals surface area contributed by atoms with Crippen LogP contribution in [0.25, 0.3) is 0 Å². The number of aliphatic carboxylic acids is 1.